The van der Waals surface area contributed by atoms with Crippen molar-refractivity contribution in [2.24, 2.45) is 0 Å². The van der Waals surface area contributed by atoms with Crippen LogP contribution in [0.3, 0.4) is 0 Å². The molecule has 0 bridgehead atoms. The highest BCUT2D eigenvalue weighted by atomic mass is 16.4. The average molecular weight is 320 g/mol. The highest BCUT2D eigenvalue weighted by Crippen LogP contribution is 2.29. The van der Waals surface area contributed by atoms with Crippen LogP contribution in [0.15, 0.2) is 57.7 Å². The second-order valence-electron chi connectivity index (χ2n) is 5.95. The van der Waals surface area contributed by atoms with Crippen LogP contribution in [0, 0.1) is 0 Å². The van der Waals surface area contributed by atoms with Crippen molar-refractivity contribution in [1.82, 2.24) is 0 Å². The van der Waals surface area contributed by atoms with Gasteiger partial charge in [-0.15, -0.1) is 0 Å². The summed E-state index contributed by atoms with van der Waals surface area (Å²) in [6.45, 7) is 0.973. The summed E-state index contributed by atoms with van der Waals surface area (Å²) < 4.78 is 5.22. The quantitative estimate of drug-likeness (QED) is 0.737. The number of anilines is 2. The number of carbonyl (C=O) groups is 1. The van der Waals surface area contributed by atoms with E-state index in [4.69, 9.17) is 4.42 Å². The molecular formula is C19H16N2O3. The Balaban J connectivity index is 1.66. The fourth-order valence-corrected chi connectivity index (χ4v) is 3.04. The van der Waals surface area contributed by atoms with Crippen LogP contribution in [0.4, 0.5) is 11.4 Å². The minimum Gasteiger partial charge on any atom is -0.422 e. The third-order valence-corrected chi connectivity index (χ3v) is 4.36. The normalized spacial score (nSPS) is 13.1. The van der Waals surface area contributed by atoms with Crippen LogP contribution in [-0.4, -0.2) is 19.5 Å². The molecule has 0 unspecified atom stereocenters. The number of hydrogen-bond acceptors (Lipinski definition) is 4. The van der Waals surface area contributed by atoms with Crippen LogP contribution in [0.5, 0.6) is 0 Å². The number of amides is 1. The fourth-order valence-electron chi connectivity index (χ4n) is 3.04. The van der Waals surface area contributed by atoms with Gasteiger partial charge in [0.05, 0.1) is 0 Å². The van der Waals surface area contributed by atoms with Gasteiger partial charge in [-0.25, -0.2) is 4.79 Å². The molecule has 120 valence electrons. The first kappa shape index (κ1) is 14.5. The maximum Gasteiger partial charge on any atom is 0.349 e. The van der Waals surface area contributed by atoms with Gasteiger partial charge < -0.3 is 14.6 Å². The number of rotatable bonds is 2. The number of nitrogens with zero attached hydrogens (tertiary/aromatic N) is 1. The number of hydrogen-bond donors (Lipinski definition) is 1. The van der Waals surface area contributed by atoms with E-state index in [0.29, 0.717) is 11.3 Å². The Morgan fingerprint density at radius 3 is 2.88 bits per heavy atom. The summed E-state index contributed by atoms with van der Waals surface area (Å²) in [6, 6.07) is 14.5. The first-order valence-corrected chi connectivity index (χ1v) is 7.80. The minimum atomic E-state index is -0.635. The first-order chi connectivity index (χ1) is 11.6. The number of nitrogens with one attached hydrogen (secondary N) is 1. The lowest BCUT2D eigenvalue weighted by Crippen LogP contribution is -2.20. The van der Waals surface area contributed by atoms with Gasteiger partial charge in [-0.1, -0.05) is 24.3 Å². The topological polar surface area (TPSA) is 62.6 Å². The van der Waals surface area contributed by atoms with Gasteiger partial charge in [-0.3, -0.25) is 4.79 Å². The largest absolute Gasteiger partial charge is 0.422 e. The standard InChI is InChI=1S/C19H16N2O3/c1-21-9-8-12-6-7-14(11-16(12)21)20-18(22)15-10-13-4-2-3-5-17(13)24-19(15)23/h2-7,10-11H,8-9H2,1H3,(H,20,22). The SMILES string of the molecule is CN1CCc2ccc(NC(=O)c3cc4ccccc4oc3=O)cc21. The van der Waals surface area contributed by atoms with E-state index < -0.39 is 11.5 Å². The van der Waals surface area contributed by atoms with Gasteiger partial charge >= 0.3 is 5.63 Å². The molecule has 0 saturated heterocycles. The molecule has 0 spiro atoms. The number of likely N-dealkylation sites (N-methyl/N-ethyl adjacent to an activating group) is 1. The van der Waals surface area contributed by atoms with Crippen LogP contribution in [0.2, 0.25) is 0 Å². The van der Waals surface area contributed by atoms with Crippen LogP contribution in [0.1, 0.15) is 15.9 Å². The van der Waals surface area contributed by atoms with Crippen molar-refractivity contribution >= 4 is 28.3 Å². The van der Waals surface area contributed by atoms with E-state index in [9.17, 15) is 9.59 Å². The molecule has 1 aliphatic heterocycles. The van der Waals surface area contributed by atoms with Crippen molar-refractivity contribution in [2.75, 3.05) is 23.8 Å². The zero-order chi connectivity index (χ0) is 16.7. The van der Waals surface area contributed by atoms with Gasteiger partial charge in [-0.2, -0.15) is 0 Å². The molecule has 24 heavy (non-hydrogen) atoms. The molecule has 1 aliphatic rings. The lowest BCUT2D eigenvalue weighted by molar-refractivity contribution is 0.102. The predicted octanol–water partition coefficient (Wildman–Crippen LogP) is 3.04. The molecule has 0 aliphatic carbocycles. The van der Waals surface area contributed by atoms with Crippen molar-refractivity contribution in [3.8, 4) is 0 Å². The molecule has 0 radical (unpaired) electrons. The Morgan fingerprint density at radius 2 is 2.00 bits per heavy atom. The van der Waals surface area contributed by atoms with E-state index in [1.165, 1.54) is 5.56 Å². The molecule has 0 saturated carbocycles. The van der Waals surface area contributed by atoms with Crippen molar-refractivity contribution in [3.63, 3.8) is 0 Å². The summed E-state index contributed by atoms with van der Waals surface area (Å²) in [5.41, 5.74) is 2.88. The summed E-state index contributed by atoms with van der Waals surface area (Å²) >= 11 is 0. The molecule has 3 aromatic rings. The average Bonchev–Trinajstić information content (AvgIpc) is 2.95. The minimum absolute atomic E-state index is 0.00236. The molecule has 1 N–H and O–H groups in total. The van der Waals surface area contributed by atoms with Gasteiger partial charge in [0.25, 0.3) is 5.91 Å². The highest BCUT2D eigenvalue weighted by Gasteiger charge is 2.18. The molecule has 0 atom stereocenters. The van der Waals surface area contributed by atoms with Gasteiger partial charge in [0.15, 0.2) is 0 Å². The number of fused-ring (bicyclic) bond motifs is 2. The molecule has 1 amide bonds. The molecular weight excluding hydrogens is 304 g/mol. The molecule has 4 rings (SSSR count). The van der Waals surface area contributed by atoms with E-state index in [2.05, 4.69) is 10.2 Å². The predicted molar refractivity (Wildman–Crippen MR) is 93.9 cm³/mol. The van der Waals surface area contributed by atoms with E-state index in [1.807, 2.05) is 31.3 Å². The second kappa shape index (κ2) is 5.53. The summed E-state index contributed by atoms with van der Waals surface area (Å²) in [4.78, 5) is 26.7. The van der Waals surface area contributed by atoms with Gasteiger partial charge in [0.1, 0.15) is 11.1 Å². The van der Waals surface area contributed by atoms with E-state index in [0.717, 1.165) is 24.0 Å². The third-order valence-electron chi connectivity index (χ3n) is 4.36. The lowest BCUT2D eigenvalue weighted by Gasteiger charge is -2.13. The number of para-hydroxylation sites is 1. The zero-order valence-electron chi connectivity index (χ0n) is 13.2. The molecule has 5 heteroatoms. The van der Waals surface area contributed by atoms with Gasteiger partial charge in [-0.05, 0) is 36.2 Å². The summed E-state index contributed by atoms with van der Waals surface area (Å²) in [7, 11) is 2.02. The smallest absolute Gasteiger partial charge is 0.349 e. The third kappa shape index (κ3) is 2.44. The molecule has 0 fully saturated rings. The van der Waals surface area contributed by atoms with Gasteiger partial charge in [0, 0.05) is 30.4 Å². The maximum atomic E-state index is 12.5. The van der Waals surface area contributed by atoms with Crippen molar-refractivity contribution in [3.05, 3.63) is 70.1 Å². The van der Waals surface area contributed by atoms with E-state index >= 15 is 0 Å². The van der Waals surface area contributed by atoms with Crippen molar-refractivity contribution in [1.29, 1.82) is 0 Å². The number of carbonyl (C=O) groups excluding carboxylic acids is 1. The fraction of sp³-hybridized carbons (Fsp3) is 0.158. The molecule has 2 aromatic carbocycles. The van der Waals surface area contributed by atoms with Crippen molar-refractivity contribution in [2.45, 2.75) is 6.42 Å². The summed E-state index contributed by atoms with van der Waals surface area (Å²) in [5.74, 6) is -0.463. The Bertz CT molecular complexity index is 1010. The molecule has 5 nitrogen and oxygen atoms in total. The molecule has 2 heterocycles. The van der Waals surface area contributed by atoms with E-state index in [-0.39, 0.29) is 5.56 Å². The molecule has 1 aromatic heterocycles. The Hall–Kier alpha value is -3.08. The maximum absolute atomic E-state index is 12.5. The summed E-state index contributed by atoms with van der Waals surface area (Å²) in [6.07, 6.45) is 1.01. The monoisotopic (exact) mass is 320 g/mol. The zero-order valence-corrected chi connectivity index (χ0v) is 13.2. The Labute approximate surface area is 138 Å². The highest BCUT2D eigenvalue weighted by molar-refractivity contribution is 6.05. The van der Waals surface area contributed by atoms with Crippen molar-refractivity contribution < 1.29 is 9.21 Å². The van der Waals surface area contributed by atoms with Crippen LogP contribution in [-0.2, 0) is 6.42 Å². The second-order valence-corrected chi connectivity index (χ2v) is 5.95. The first-order valence-electron chi connectivity index (χ1n) is 7.80. The van der Waals surface area contributed by atoms with E-state index in [1.54, 1.807) is 24.3 Å². The lowest BCUT2D eigenvalue weighted by atomic mass is 10.1. The van der Waals surface area contributed by atoms with Crippen LogP contribution < -0.4 is 15.8 Å². The van der Waals surface area contributed by atoms with Gasteiger partial charge in [0.2, 0.25) is 0 Å². The van der Waals surface area contributed by atoms with Crippen LogP contribution >= 0.6 is 0 Å². The Kier molecular flexibility index (Phi) is 3.34. The Morgan fingerprint density at radius 1 is 1.17 bits per heavy atom. The number of benzene rings is 2. The van der Waals surface area contributed by atoms with Crippen LogP contribution in [0.25, 0.3) is 11.0 Å². The summed E-state index contributed by atoms with van der Waals surface area (Å²) in [5, 5.41) is 3.51.